The molecule has 4 rings (SSSR count). The predicted octanol–water partition coefficient (Wildman–Crippen LogP) is 6.97. The second-order valence-corrected chi connectivity index (χ2v) is 15.6. The summed E-state index contributed by atoms with van der Waals surface area (Å²) in [5.74, 6) is -2.60. The maximum absolute atomic E-state index is 15.8. The van der Waals surface area contributed by atoms with Gasteiger partial charge in [-0.25, -0.2) is 13.6 Å². The first kappa shape index (κ1) is 33.0. The van der Waals surface area contributed by atoms with Crippen molar-refractivity contribution in [3.05, 3.63) is 39.4 Å². The maximum Gasteiger partial charge on any atom is 0.489 e. The normalized spacial score (nSPS) is 29.3. The summed E-state index contributed by atoms with van der Waals surface area (Å²) >= 11 is 8.26. The molecule has 0 N–H and O–H groups in total. The van der Waals surface area contributed by atoms with Gasteiger partial charge in [-0.15, -0.1) is 0 Å². The van der Waals surface area contributed by atoms with Gasteiger partial charge in [0.2, 0.25) is 0 Å². The summed E-state index contributed by atoms with van der Waals surface area (Å²) in [7, 11) is -1.50. The first-order valence-electron chi connectivity index (χ1n) is 14.1. The zero-order valence-corrected chi connectivity index (χ0v) is 28.0. The Kier molecular flexibility index (Phi) is 8.78. The van der Waals surface area contributed by atoms with E-state index in [4.69, 9.17) is 36.0 Å². The van der Waals surface area contributed by atoms with E-state index in [0.717, 1.165) is 12.2 Å². The van der Waals surface area contributed by atoms with Crippen LogP contribution in [0.4, 0.5) is 8.78 Å². The van der Waals surface area contributed by atoms with Crippen molar-refractivity contribution in [2.24, 2.45) is 11.8 Å². The quantitative estimate of drug-likeness (QED) is 0.107. The zero-order valence-electron chi connectivity index (χ0n) is 25.6. The smallest absolute Gasteiger partial charge is 0.463 e. The van der Waals surface area contributed by atoms with Crippen LogP contribution < -0.4 is 0 Å². The number of rotatable bonds is 8. The summed E-state index contributed by atoms with van der Waals surface area (Å²) < 4.78 is 61.0. The average molecular weight is 657 g/mol. The van der Waals surface area contributed by atoms with Gasteiger partial charge in [0.25, 0.3) is 0 Å². The lowest BCUT2D eigenvalue weighted by atomic mass is 9.49. The van der Waals surface area contributed by atoms with Crippen LogP contribution >= 0.6 is 28.6 Å². The predicted molar refractivity (Wildman–Crippen MR) is 164 cm³/mol. The van der Waals surface area contributed by atoms with Crippen LogP contribution in [0.5, 0.6) is 0 Å². The van der Waals surface area contributed by atoms with Crippen molar-refractivity contribution in [2.75, 3.05) is 6.61 Å². The van der Waals surface area contributed by atoms with E-state index >= 15 is 4.39 Å². The summed E-state index contributed by atoms with van der Waals surface area (Å²) in [5, 5.41) is 0. The average Bonchev–Trinajstić information content (AvgIpc) is 3.47. The minimum absolute atomic E-state index is 0.0406. The molecule has 0 spiro atoms. The highest BCUT2D eigenvalue weighted by Crippen LogP contribution is 2.63. The molecule has 6 nitrogen and oxygen atoms in total. The van der Waals surface area contributed by atoms with Gasteiger partial charge >= 0.3 is 20.0 Å². The van der Waals surface area contributed by atoms with Gasteiger partial charge in [-0.3, -0.25) is 0 Å². The molecular weight excluding hydrogens is 616 g/mol. The number of hydrogen-bond donors (Lipinski definition) is 1. The van der Waals surface area contributed by atoms with Crippen LogP contribution in [0.15, 0.2) is 16.6 Å². The summed E-state index contributed by atoms with van der Waals surface area (Å²) in [6, 6.07) is 1.49. The van der Waals surface area contributed by atoms with Crippen LogP contribution in [0.3, 0.4) is 0 Å². The number of hydrogen-bond acceptors (Lipinski definition) is 7. The molecule has 0 bridgehead atoms. The number of thiol groups is 1. The number of carbonyl (C=O) groups excluding carboxylic acids is 1. The minimum Gasteiger partial charge on any atom is -0.463 e. The second-order valence-electron chi connectivity index (χ2n) is 13.6. The van der Waals surface area contributed by atoms with Gasteiger partial charge in [-0.1, -0.05) is 13.8 Å². The van der Waals surface area contributed by atoms with E-state index in [1.807, 2.05) is 62.3 Å². The Balaban J connectivity index is 1.66. The topological polar surface area (TPSA) is 63.2 Å². The van der Waals surface area contributed by atoms with Gasteiger partial charge in [0.1, 0.15) is 11.6 Å². The zero-order chi connectivity index (χ0) is 30.9. The lowest BCUT2D eigenvalue weighted by molar-refractivity contribution is -0.137. The molecular formula is C29H41B2BrF2O6S. The monoisotopic (exact) mass is 656 g/mol. The molecule has 0 aromatic heterocycles. The van der Waals surface area contributed by atoms with Crippen molar-refractivity contribution in [3.63, 3.8) is 0 Å². The van der Waals surface area contributed by atoms with Crippen molar-refractivity contribution < 1.29 is 36.9 Å². The number of benzene rings is 1. The van der Waals surface area contributed by atoms with Crippen molar-refractivity contribution in [3.8, 4) is 0 Å². The van der Waals surface area contributed by atoms with E-state index in [-0.39, 0.29) is 34.4 Å². The molecule has 226 valence electrons. The van der Waals surface area contributed by atoms with Crippen LogP contribution in [0.2, 0.25) is 0 Å². The Morgan fingerprint density at radius 2 is 1.61 bits per heavy atom. The first-order chi connectivity index (χ1) is 18.7. The molecule has 4 atom stereocenters. The van der Waals surface area contributed by atoms with E-state index in [0.29, 0.717) is 12.0 Å². The molecule has 2 aliphatic heterocycles. The van der Waals surface area contributed by atoms with E-state index in [1.165, 1.54) is 6.07 Å². The van der Waals surface area contributed by atoms with Gasteiger partial charge in [0.05, 0.1) is 33.5 Å². The molecule has 2 saturated heterocycles. The Labute approximate surface area is 257 Å². The maximum atomic E-state index is 15.8. The van der Waals surface area contributed by atoms with Crippen molar-refractivity contribution >= 4 is 54.6 Å². The van der Waals surface area contributed by atoms with Crippen LogP contribution in [0.1, 0.15) is 92.7 Å². The summed E-state index contributed by atoms with van der Waals surface area (Å²) in [4.78, 5) is 11.8. The molecule has 0 radical (unpaired) electrons. The number of esters is 1. The Morgan fingerprint density at radius 1 is 1.07 bits per heavy atom. The molecule has 1 saturated carbocycles. The van der Waals surface area contributed by atoms with E-state index < -0.39 is 58.8 Å². The van der Waals surface area contributed by atoms with Gasteiger partial charge in [-0.2, -0.15) is 12.6 Å². The van der Waals surface area contributed by atoms with E-state index in [1.54, 1.807) is 6.92 Å². The minimum atomic E-state index is -0.855. The largest absolute Gasteiger partial charge is 0.489 e. The molecule has 41 heavy (non-hydrogen) atoms. The summed E-state index contributed by atoms with van der Waals surface area (Å²) in [5.41, 5.74) is -2.64. The fourth-order valence-corrected chi connectivity index (χ4v) is 7.22. The molecule has 1 aromatic rings. The fourth-order valence-electron chi connectivity index (χ4n) is 6.32. The highest BCUT2D eigenvalue weighted by molar-refractivity contribution is 9.10. The van der Waals surface area contributed by atoms with Crippen LogP contribution in [-0.2, 0) is 28.1 Å². The third-order valence-electron chi connectivity index (χ3n) is 9.37. The van der Waals surface area contributed by atoms with Crippen molar-refractivity contribution in [1.82, 2.24) is 0 Å². The fraction of sp³-hybridized carbons (Fsp3) is 0.690. The number of halogens is 3. The summed E-state index contributed by atoms with van der Waals surface area (Å²) in [6.07, 6.45) is 2.82. The van der Waals surface area contributed by atoms with Gasteiger partial charge in [-0.05, 0) is 107 Å². The Hall–Kier alpha value is -0.910. The molecule has 1 aliphatic carbocycles. The van der Waals surface area contributed by atoms with Crippen LogP contribution in [-0.4, -0.2) is 53.7 Å². The van der Waals surface area contributed by atoms with Crippen LogP contribution in [0.25, 0.3) is 6.08 Å². The Bertz CT molecular complexity index is 1220. The van der Waals surface area contributed by atoms with Gasteiger partial charge in [0, 0.05) is 22.3 Å². The number of ether oxygens (including phenoxy) is 1. The highest BCUT2D eigenvalue weighted by Gasteiger charge is 2.70. The van der Waals surface area contributed by atoms with Gasteiger partial charge < -0.3 is 23.4 Å². The van der Waals surface area contributed by atoms with Crippen molar-refractivity contribution in [1.29, 1.82) is 0 Å². The van der Waals surface area contributed by atoms with Crippen molar-refractivity contribution in [2.45, 2.75) is 109 Å². The lowest BCUT2D eigenvalue weighted by Crippen LogP contribution is -2.57. The first-order valence-corrected chi connectivity index (χ1v) is 15.4. The Morgan fingerprint density at radius 3 is 2.15 bits per heavy atom. The molecule has 0 amide bonds. The second kappa shape index (κ2) is 10.9. The molecule has 4 unspecified atom stereocenters. The third-order valence-corrected chi connectivity index (χ3v) is 10.2. The molecule has 12 heteroatoms. The molecule has 3 aliphatic rings. The SMILES string of the molecule is CCOC(=O)/C=C\c1c(F)c(Br)cc(C2CC2C(C(C)(C)S)C2(C)OB(B3OC(C)(C)C(C)(C)O3)OC2(C)C)c1F. The lowest BCUT2D eigenvalue weighted by Gasteiger charge is -2.48. The highest BCUT2D eigenvalue weighted by atomic mass is 79.9. The molecule has 2 heterocycles. The van der Waals surface area contributed by atoms with Gasteiger partial charge in [0.15, 0.2) is 0 Å². The van der Waals surface area contributed by atoms with Crippen LogP contribution in [0, 0.1) is 23.5 Å². The molecule has 3 fully saturated rings. The molecule has 1 aromatic carbocycles. The third kappa shape index (κ3) is 5.95. The standard InChI is InChI=1S/C29H41B2BrF2O6S/c1-11-36-21(35)13-12-16-22(33)18(15-20(32)23(16)34)17-14-19(17)24(25(2,3)41)29(10)28(8,9)39-31(40-29)30-37-26(4,5)27(6,7)38-30/h12-13,15,17,19,24,41H,11,14H2,1-10H3/b13-12-. The van der Waals surface area contributed by atoms with E-state index in [9.17, 15) is 9.18 Å². The number of carbonyl (C=O) groups is 1. The summed E-state index contributed by atoms with van der Waals surface area (Å²) in [6.45, 7) is 19.8. The van der Waals surface area contributed by atoms with E-state index in [2.05, 4.69) is 15.9 Å².